The smallest absolute Gasteiger partial charge is 0.252 e. The Morgan fingerprint density at radius 3 is 2.42 bits per heavy atom. The molecule has 2 aromatic rings. The van der Waals surface area contributed by atoms with Crippen molar-refractivity contribution in [1.29, 1.82) is 0 Å². The summed E-state index contributed by atoms with van der Waals surface area (Å²) in [6.07, 6.45) is 2.33. The molecule has 0 aliphatic heterocycles. The normalized spacial score (nSPS) is 10.2. The molecule has 0 saturated heterocycles. The predicted octanol–water partition coefficient (Wildman–Crippen LogP) is 4.05. The fraction of sp³-hybridized carbons (Fsp3) is 0.263. The summed E-state index contributed by atoms with van der Waals surface area (Å²) < 4.78 is 0. The Labute approximate surface area is 147 Å². The van der Waals surface area contributed by atoms with Crippen molar-refractivity contribution in [3.63, 3.8) is 0 Å². The molecule has 2 N–H and O–H groups in total. The van der Waals surface area contributed by atoms with Gasteiger partial charge in [-0.25, -0.2) is 0 Å². The van der Waals surface area contributed by atoms with Gasteiger partial charge in [0, 0.05) is 18.7 Å². The van der Waals surface area contributed by atoms with Crippen LogP contribution in [-0.4, -0.2) is 18.4 Å². The molecule has 0 aromatic heterocycles. The molecular weight excluding hydrogens is 324 g/mol. The molecular formula is C19H21ClN2O2. The average molecular weight is 345 g/mol. The van der Waals surface area contributed by atoms with Gasteiger partial charge in [0.1, 0.15) is 0 Å². The standard InChI is InChI=1S/C19H21ClN2O2/c1-2-5-14-8-10-15(11-9-14)22-18(23)12-13-21-19(24)16-6-3-4-7-17(16)20/h3-4,6-11H,2,5,12-13H2,1H3,(H,21,24)(H,22,23). The highest BCUT2D eigenvalue weighted by atomic mass is 35.5. The Morgan fingerprint density at radius 2 is 1.75 bits per heavy atom. The topological polar surface area (TPSA) is 58.2 Å². The molecule has 0 fully saturated rings. The number of hydrogen-bond donors (Lipinski definition) is 2. The van der Waals surface area contributed by atoms with Crippen molar-refractivity contribution in [3.8, 4) is 0 Å². The molecule has 5 heteroatoms. The summed E-state index contributed by atoms with van der Waals surface area (Å²) in [5.41, 5.74) is 2.42. The third-order valence-electron chi connectivity index (χ3n) is 3.53. The van der Waals surface area contributed by atoms with E-state index < -0.39 is 0 Å². The van der Waals surface area contributed by atoms with Gasteiger partial charge in [0.25, 0.3) is 5.91 Å². The van der Waals surface area contributed by atoms with E-state index in [9.17, 15) is 9.59 Å². The van der Waals surface area contributed by atoms with Crippen molar-refractivity contribution >= 4 is 29.1 Å². The van der Waals surface area contributed by atoms with E-state index in [1.807, 2.05) is 24.3 Å². The molecule has 2 amide bonds. The fourth-order valence-corrected chi connectivity index (χ4v) is 2.52. The first-order valence-corrected chi connectivity index (χ1v) is 8.39. The lowest BCUT2D eigenvalue weighted by Crippen LogP contribution is -2.27. The van der Waals surface area contributed by atoms with Gasteiger partial charge in [-0.3, -0.25) is 9.59 Å². The number of rotatable bonds is 7. The summed E-state index contributed by atoms with van der Waals surface area (Å²) >= 11 is 5.96. The van der Waals surface area contributed by atoms with Crippen molar-refractivity contribution < 1.29 is 9.59 Å². The van der Waals surface area contributed by atoms with Crippen LogP contribution in [0.15, 0.2) is 48.5 Å². The molecule has 126 valence electrons. The van der Waals surface area contributed by atoms with Crippen LogP contribution in [0.2, 0.25) is 5.02 Å². The first kappa shape index (κ1) is 18.0. The van der Waals surface area contributed by atoms with Crippen molar-refractivity contribution in [1.82, 2.24) is 5.32 Å². The van der Waals surface area contributed by atoms with Gasteiger partial charge in [-0.05, 0) is 36.2 Å². The van der Waals surface area contributed by atoms with E-state index in [0.29, 0.717) is 10.6 Å². The fourth-order valence-electron chi connectivity index (χ4n) is 2.30. The average Bonchev–Trinajstić information content (AvgIpc) is 2.57. The molecule has 0 spiro atoms. The van der Waals surface area contributed by atoms with Crippen molar-refractivity contribution in [2.45, 2.75) is 26.2 Å². The number of hydrogen-bond acceptors (Lipinski definition) is 2. The summed E-state index contributed by atoms with van der Waals surface area (Å²) in [6, 6.07) is 14.6. The summed E-state index contributed by atoms with van der Waals surface area (Å²) in [6.45, 7) is 2.39. The van der Waals surface area contributed by atoms with E-state index in [4.69, 9.17) is 11.6 Å². The van der Waals surface area contributed by atoms with E-state index in [2.05, 4.69) is 17.6 Å². The molecule has 0 aliphatic carbocycles. The number of benzene rings is 2. The summed E-state index contributed by atoms with van der Waals surface area (Å²) in [5.74, 6) is -0.421. The number of carbonyl (C=O) groups excluding carboxylic acids is 2. The molecule has 0 radical (unpaired) electrons. The van der Waals surface area contributed by atoms with Crippen LogP contribution >= 0.6 is 11.6 Å². The number of halogens is 1. The molecule has 0 unspecified atom stereocenters. The maximum absolute atomic E-state index is 12.0. The molecule has 2 rings (SSSR count). The minimum Gasteiger partial charge on any atom is -0.351 e. The third-order valence-corrected chi connectivity index (χ3v) is 3.86. The Balaban J connectivity index is 1.77. The quantitative estimate of drug-likeness (QED) is 0.796. The lowest BCUT2D eigenvalue weighted by atomic mass is 10.1. The minimum atomic E-state index is -0.280. The Morgan fingerprint density at radius 1 is 1.04 bits per heavy atom. The van der Waals surface area contributed by atoms with Gasteiger partial charge < -0.3 is 10.6 Å². The number of amides is 2. The van der Waals surface area contributed by atoms with Crippen molar-refractivity contribution in [3.05, 3.63) is 64.7 Å². The second-order valence-electron chi connectivity index (χ2n) is 5.48. The Bertz CT molecular complexity index is 699. The Kier molecular flexibility index (Phi) is 6.82. The lowest BCUT2D eigenvalue weighted by Gasteiger charge is -2.08. The molecule has 24 heavy (non-hydrogen) atoms. The number of anilines is 1. The van der Waals surface area contributed by atoms with Crippen LogP contribution in [0.1, 0.15) is 35.7 Å². The minimum absolute atomic E-state index is 0.141. The van der Waals surface area contributed by atoms with Crippen LogP contribution in [0.5, 0.6) is 0 Å². The SMILES string of the molecule is CCCc1ccc(NC(=O)CCNC(=O)c2ccccc2Cl)cc1. The van der Waals surface area contributed by atoms with Gasteiger partial charge >= 0.3 is 0 Å². The molecule has 2 aromatic carbocycles. The zero-order valence-electron chi connectivity index (χ0n) is 13.6. The summed E-state index contributed by atoms with van der Waals surface area (Å²) in [4.78, 5) is 23.9. The van der Waals surface area contributed by atoms with Crippen LogP contribution < -0.4 is 10.6 Å². The number of aryl methyl sites for hydroxylation is 1. The maximum atomic E-state index is 12.0. The Hall–Kier alpha value is -2.33. The van der Waals surface area contributed by atoms with E-state index in [1.54, 1.807) is 24.3 Å². The van der Waals surface area contributed by atoms with Crippen LogP contribution in [-0.2, 0) is 11.2 Å². The molecule has 0 aliphatic rings. The van der Waals surface area contributed by atoms with E-state index in [1.165, 1.54) is 5.56 Å². The van der Waals surface area contributed by atoms with Gasteiger partial charge in [0.2, 0.25) is 5.91 Å². The molecule has 0 saturated carbocycles. The van der Waals surface area contributed by atoms with Crippen LogP contribution in [0.25, 0.3) is 0 Å². The summed E-state index contributed by atoms with van der Waals surface area (Å²) in [5, 5.41) is 5.91. The molecule has 0 atom stereocenters. The highest BCUT2D eigenvalue weighted by Gasteiger charge is 2.09. The van der Waals surface area contributed by atoms with E-state index in [-0.39, 0.29) is 24.8 Å². The maximum Gasteiger partial charge on any atom is 0.252 e. The van der Waals surface area contributed by atoms with Gasteiger partial charge in [-0.1, -0.05) is 49.2 Å². The predicted molar refractivity (Wildman–Crippen MR) is 97.5 cm³/mol. The summed E-state index contributed by atoms with van der Waals surface area (Å²) in [7, 11) is 0. The van der Waals surface area contributed by atoms with Crippen molar-refractivity contribution in [2.24, 2.45) is 0 Å². The lowest BCUT2D eigenvalue weighted by molar-refractivity contribution is -0.116. The first-order valence-electron chi connectivity index (χ1n) is 8.01. The van der Waals surface area contributed by atoms with Gasteiger partial charge in [-0.15, -0.1) is 0 Å². The highest BCUT2D eigenvalue weighted by Crippen LogP contribution is 2.14. The van der Waals surface area contributed by atoms with E-state index in [0.717, 1.165) is 18.5 Å². The molecule has 0 bridgehead atoms. The zero-order valence-corrected chi connectivity index (χ0v) is 14.4. The van der Waals surface area contributed by atoms with Crippen LogP contribution in [0.4, 0.5) is 5.69 Å². The number of carbonyl (C=O) groups is 2. The first-order chi connectivity index (χ1) is 11.6. The third kappa shape index (κ3) is 5.39. The number of nitrogens with one attached hydrogen (secondary N) is 2. The molecule has 4 nitrogen and oxygen atoms in total. The van der Waals surface area contributed by atoms with E-state index >= 15 is 0 Å². The van der Waals surface area contributed by atoms with Gasteiger partial charge in [0.15, 0.2) is 0 Å². The largest absolute Gasteiger partial charge is 0.351 e. The van der Waals surface area contributed by atoms with Gasteiger partial charge in [0.05, 0.1) is 10.6 Å². The monoisotopic (exact) mass is 344 g/mol. The second-order valence-corrected chi connectivity index (χ2v) is 5.89. The molecule has 0 heterocycles. The van der Waals surface area contributed by atoms with Gasteiger partial charge in [-0.2, -0.15) is 0 Å². The van der Waals surface area contributed by atoms with Crippen LogP contribution in [0, 0.1) is 0 Å². The second kappa shape index (κ2) is 9.08. The van der Waals surface area contributed by atoms with Crippen LogP contribution in [0.3, 0.4) is 0 Å². The van der Waals surface area contributed by atoms with Crippen molar-refractivity contribution in [2.75, 3.05) is 11.9 Å². The zero-order chi connectivity index (χ0) is 17.4. The highest BCUT2D eigenvalue weighted by molar-refractivity contribution is 6.33.